The number of rotatable bonds is 2. The molecule has 94 valence electrons. The molecule has 0 amide bonds. The molecule has 1 fully saturated rings. The molecule has 3 heteroatoms. The van der Waals surface area contributed by atoms with Crippen LogP contribution in [0, 0.1) is 17.7 Å². The monoisotopic (exact) mass is 237 g/mol. The molecule has 0 aliphatic heterocycles. The van der Waals surface area contributed by atoms with E-state index < -0.39 is 5.82 Å². The van der Waals surface area contributed by atoms with Gasteiger partial charge in [-0.05, 0) is 43.2 Å². The van der Waals surface area contributed by atoms with Gasteiger partial charge >= 0.3 is 0 Å². The van der Waals surface area contributed by atoms with Gasteiger partial charge in [0.2, 0.25) is 0 Å². The second kappa shape index (κ2) is 4.94. The van der Waals surface area contributed by atoms with E-state index in [2.05, 4.69) is 13.8 Å². The van der Waals surface area contributed by atoms with E-state index in [1.807, 2.05) is 0 Å². The first-order valence-electron chi connectivity index (χ1n) is 6.26. The number of halogens is 1. The lowest BCUT2D eigenvalue weighted by Gasteiger charge is -2.31. The Bertz CT molecular complexity index is 384. The lowest BCUT2D eigenvalue weighted by Crippen LogP contribution is -2.28. The van der Waals surface area contributed by atoms with Gasteiger partial charge in [0.05, 0.1) is 11.8 Å². The summed E-state index contributed by atoms with van der Waals surface area (Å²) in [4.78, 5) is 0. The highest BCUT2D eigenvalue weighted by Crippen LogP contribution is 2.31. The first-order chi connectivity index (χ1) is 8.04. The summed E-state index contributed by atoms with van der Waals surface area (Å²) in [6.07, 6.45) is 3.57. The van der Waals surface area contributed by atoms with Crippen molar-refractivity contribution >= 4 is 5.69 Å². The maximum absolute atomic E-state index is 13.3. The van der Waals surface area contributed by atoms with Crippen LogP contribution in [-0.4, -0.2) is 6.10 Å². The van der Waals surface area contributed by atoms with E-state index in [9.17, 15) is 4.39 Å². The van der Waals surface area contributed by atoms with E-state index in [1.165, 1.54) is 12.5 Å². The second-order valence-electron chi connectivity index (χ2n) is 5.34. The molecule has 2 atom stereocenters. The molecule has 0 aromatic heterocycles. The van der Waals surface area contributed by atoms with Crippen LogP contribution in [0.1, 0.15) is 33.1 Å². The van der Waals surface area contributed by atoms with Crippen molar-refractivity contribution in [2.24, 2.45) is 11.8 Å². The summed E-state index contributed by atoms with van der Waals surface area (Å²) in [5.74, 6) is 1.55. The van der Waals surface area contributed by atoms with Crippen molar-refractivity contribution in [1.29, 1.82) is 0 Å². The van der Waals surface area contributed by atoms with E-state index in [1.54, 1.807) is 12.1 Å². The minimum atomic E-state index is -0.403. The standard InChI is InChI=1S/C14H20FNO/c1-9-5-10(2)7-12(6-9)17-11-3-4-14(16)13(15)8-11/h3-4,8-10,12H,5-7,16H2,1-2H3. The summed E-state index contributed by atoms with van der Waals surface area (Å²) in [5, 5.41) is 0. The Kier molecular flexibility index (Phi) is 3.55. The Morgan fingerprint density at radius 1 is 1.18 bits per heavy atom. The molecule has 17 heavy (non-hydrogen) atoms. The molecular weight excluding hydrogens is 217 g/mol. The van der Waals surface area contributed by atoms with E-state index in [-0.39, 0.29) is 11.8 Å². The lowest BCUT2D eigenvalue weighted by molar-refractivity contribution is 0.101. The molecule has 0 heterocycles. The molecule has 2 nitrogen and oxygen atoms in total. The van der Waals surface area contributed by atoms with Crippen LogP contribution in [0.4, 0.5) is 10.1 Å². The molecule has 0 radical (unpaired) electrons. The lowest BCUT2D eigenvalue weighted by atomic mass is 9.82. The highest BCUT2D eigenvalue weighted by molar-refractivity contribution is 5.43. The molecule has 1 saturated carbocycles. The molecule has 0 spiro atoms. The van der Waals surface area contributed by atoms with Gasteiger partial charge in [0.15, 0.2) is 0 Å². The Morgan fingerprint density at radius 3 is 2.41 bits per heavy atom. The number of hydrogen-bond donors (Lipinski definition) is 1. The summed E-state index contributed by atoms with van der Waals surface area (Å²) in [7, 11) is 0. The van der Waals surface area contributed by atoms with Crippen LogP contribution in [0.3, 0.4) is 0 Å². The third-order valence-corrected chi connectivity index (χ3v) is 3.41. The van der Waals surface area contributed by atoms with Gasteiger partial charge in [0, 0.05) is 6.07 Å². The zero-order valence-corrected chi connectivity index (χ0v) is 10.4. The number of nitrogens with two attached hydrogens (primary N) is 1. The number of anilines is 1. The fourth-order valence-electron chi connectivity index (χ4n) is 2.74. The molecule has 1 aliphatic rings. The highest BCUT2D eigenvalue weighted by atomic mass is 19.1. The molecule has 1 aromatic carbocycles. The molecule has 0 bridgehead atoms. The molecule has 0 saturated heterocycles. The van der Waals surface area contributed by atoms with Crippen LogP contribution in [0.15, 0.2) is 18.2 Å². The van der Waals surface area contributed by atoms with Crippen LogP contribution < -0.4 is 10.5 Å². The molecule has 2 unspecified atom stereocenters. The van der Waals surface area contributed by atoms with Crippen molar-refractivity contribution in [3.8, 4) is 5.75 Å². The number of hydrogen-bond acceptors (Lipinski definition) is 2. The SMILES string of the molecule is CC1CC(C)CC(Oc2ccc(N)c(F)c2)C1. The second-order valence-corrected chi connectivity index (χ2v) is 5.34. The van der Waals surface area contributed by atoms with Crippen LogP contribution in [0.5, 0.6) is 5.75 Å². The molecule has 2 N–H and O–H groups in total. The first-order valence-corrected chi connectivity index (χ1v) is 6.26. The van der Waals surface area contributed by atoms with Crippen LogP contribution >= 0.6 is 0 Å². The molecular formula is C14H20FNO. The molecule has 2 rings (SSSR count). The molecule has 1 aromatic rings. The van der Waals surface area contributed by atoms with E-state index in [0.717, 1.165) is 12.8 Å². The van der Waals surface area contributed by atoms with Gasteiger partial charge in [-0.2, -0.15) is 0 Å². The number of nitrogen functional groups attached to an aromatic ring is 1. The van der Waals surface area contributed by atoms with Gasteiger partial charge in [0.1, 0.15) is 11.6 Å². The Labute approximate surface area is 102 Å². The van der Waals surface area contributed by atoms with Crippen LogP contribution in [0.25, 0.3) is 0 Å². The quantitative estimate of drug-likeness (QED) is 0.797. The maximum atomic E-state index is 13.3. The third kappa shape index (κ3) is 3.11. The molecule has 1 aliphatic carbocycles. The summed E-state index contributed by atoms with van der Waals surface area (Å²) in [6, 6.07) is 4.67. The minimum absolute atomic E-state index is 0.169. The average molecular weight is 237 g/mol. The van der Waals surface area contributed by atoms with Gasteiger partial charge in [-0.15, -0.1) is 0 Å². The number of ether oxygens (including phenoxy) is 1. The van der Waals surface area contributed by atoms with Crippen molar-refractivity contribution in [3.63, 3.8) is 0 Å². The fraction of sp³-hybridized carbons (Fsp3) is 0.571. The maximum Gasteiger partial charge on any atom is 0.149 e. The summed E-state index contributed by atoms with van der Waals surface area (Å²) < 4.78 is 19.1. The fourth-order valence-corrected chi connectivity index (χ4v) is 2.74. The predicted octanol–water partition coefficient (Wildman–Crippen LogP) is 3.61. The zero-order chi connectivity index (χ0) is 12.4. The van der Waals surface area contributed by atoms with Crippen LogP contribution in [0.2, 0.25) is 0 Å². The first kappa shape index (κ1) is 12.2. The summed E-state index contributed by atoms with van der Waals surface area (Å²) in [5.41, 5.74) is 5.60. The summed E-state index contributed by atoms with van der Waals surface area (Å²) in [6.45, 7) is 4.49. The topological polar surface area (TPSA) is 35.2 Å². The van der Waals surface area contributed by atoms with Crippen molar-refractivity contribution < 1.29 is 9.13 Å². The van der Waals surface area contributed by atoms with Crippen LogP contribution in [-0.2, 0) is 0 Å². The van der Waals surface area contributed by atoms with Crippen molar-refractivity contribution in [3.05, 3.63) is 24.0 Å². The minimum Gasteiger partial charge on any atom is -0.490 e. The van der Waals surface area contributed by atoms with Gasteiger partial charge < -0.3 is 10.5 Å². The van der Waals surface area contributed by atoms with Crippen molar-refractivity contribution in [2.45, 2.75) is 39.2 Å². The van der Waals surface area contributed by atoms with E-state index in [4.69, 9.17) is 10.5 Å². The largest absolute Gasteiger partial charge is 0.490 e. The zero-order valence-electron chi connectivity index (χ0n) is 10.4. The average Bonchev–Trinajstić information content (AvgIpc) is 2.22. The normalized spacial score (nSPS) is 29.0. The summed E-state index contributed by atoms with van der Waals surface area (Å²) >= 11 is 0. The highest BCUT2D eigenvalue weighted by Gasteiger charge is 2.25. The van der Waals surface area contributed by atoms with Gasteiger partial charge in [-0.25, -0.2) is 4.39 Å². The Morgan fingerprint density at radius 2 is 1.82 bits per heavy atom. The van der Waals surface area contributed by atoms with Crippen molar-refractivity contribution in [1.82, 2.24) is 0 Å². The number of benzene rings is 1. The van der Waals surface area contributed by atoms with E-state index >= 15 is 0 Å². The van der Waals surface area contributed by atoms with Gasteiger partial charge in [-0.3, -0.25) is 0 Å². The third-order valence-electron chi connectivity index (χ3n) is 3.41. The van der Waals surface area contributed by atoms with Gasteiger partial charge in [0.25, 0.3) is 0 Å². The Balaban J connectivity index is 2.02. The van der Waals surface area contributed by atoms with Crippen molar-refractivity contribution in [2.75, 3.05) is 5.73 Å². The van der Waals surface area contributed by atoms with E-state index in [0.29, 0.717) is 17.6 Å². The van der Waals surface area contributed by atoms with Gasteiger partial charge in [-0.1, -0.05) is 13.8 Å². The predicted molar refractivity (Wildman–Crippen MR) is 67.4 cm³/mol. The smallest absolute Gasteiger partial charge is 0.149 e. The Hall–Kier alpha value is -1.25.